The molecule has 0 aliphatic heterocycles. The molecule has 0 bridgehead atoms. The quantitative estimate of drug-likeness (QED) is 0.0890. The summed E-state index contributed by atoms with van der Waals surface area (Å²) in [5.41, 5.74) is 16.6. The minimum atomic E-state index is -1.38. The molecule has 2 aliphatic rings. The van der Waals surface area contributed by atoms with E-state index in [0.717, 1.165) is 38.0 Å². The average Bonchev–Trinajstić information content (AvgIpc) is 0.691. The highest BCUT2D eigenvalue weighted by molar-refractivity contribution is 9.11. The maximum Gasteiger partial charge on any atom is 0.488 e. The molecule has 0 radical (unpaired) electrons. The van der Waals surface area contributed by atoms with Gasteiger partial charge >= 0.3 is 7.12 Å². The molecule has 596 valence electrons. The number of carbonyl (C=O) groups excluding carboxylic acids is 2. The van der Waals surface area contributed by atoms with Crippen molar-refractivity contribution in [3.63, 3.8) is 0 Å². The molecule has 4 N–H and O–H groups in total. The van der Waals surface area contributed by atoms with Crippen molar-refractivity contribution >= 4 is 163 Å². The van der Waals surface area contributed by atoms with Gasteiger partial charge in [0.05, 0.1) is 0 Å². The first-order valence-electron chi connectivity index (χ1n) is 39.8. The SMILES string of the molecule is Brc1ccc(-c2ccc3c(-c4ccccc4)c4ccccc4c(-c4ccccc4)c3c2)cc1.Brc1ccc2c(-c3ccccc3)c3ccccc3c(-c3ccccc3)c2c1.Brc1ccccc1.O=C1c2ccccc2C(=O)c2cc(Br)ccc21.OB(O)c1ccc(Br)cc1.OC1(c2ccccc2)c2ccccc2C(O)(c2ccccc2)c2cc(Br)ccc21. The summed E-state index contributed by atoms with van der Waals surface area (Å²) in [5.74, 6) is -0.167. The lowest BCUT2D eigenvalue weighted by molar-refractivity contribution is 0.0747. The predicted octanol–water partition coefficient (Wildman–Crippen LogP) is 29.0. The summed E-state index contributed by atoms with van der Waals surface area (Å²) < 4.78 is 5.90. The number of benzene rings is 19. The van der Waals surface area contributed by atoms with Crippen LogP contribution in [0, 0.1) is 0 Å². The first-order valence-corrected chi connectivity index (χ1v) is 44.6. The van der Waals surface area contributed by atoms with Crippen LogP contribution in [0.1, 0.15) is 65.2 Å². The fourth-order valence-corrected chi connectivity index (χ4v) is 18.4. The van der Waals surface area contributed by atoms with Gasteiger partial charge in [-0.3, -0.25) is 9.59 Å². The van der Waals surface area contributed by atoms with Crippen LogP contribution in [0.25, 0.3) is 98.7 Å². The number of rotatable bonds is 8. The number of fused-ring (bicyclic) bond motifs is 8. The first-order chi connectivity index (χ1) is 60.0. The lowest BCUT2D eigenvalue weighted by Gasteiger charge is -2.45. The Morgan fingerprint density at radius 1 is 0.203 bits per heavy atom. The molecular weight excluding hydrogens is 1910 g/mol. The normalized spacial score (nSPS) is 13.9. The van der Waals surface area contributed by atoms with Gasteiger partial charge in [0.15, 0.2) is 11.6 Å². The monoisotopic (exact) mass is 1980 g/mol. The third kappa shape index (κ3) is 18.0. The number of ketones is 2. The van der Waals surface area contributed by atoms with E-state index in [0.29, 0.717) is 50.0 Å². The number of carbonyl (C=O) groups is 2. The average molecular weight is 1980 g/mol. The van der Waals surface area contributed by atoms with Gasteiger partial charge in [-0.1, -0.05) is 441 Å². The Bertz CT molecular complexity index is 7020. The van der Waals surface area contributed by atoms with E-state index in [-0.39, 0.29) is 11.6 Å². The summed E-state index contributed by atoms with van der Waals surface area (Å²) >= 11 is 20.7. The van der Waals surface area contributed by atoms with Crippen LogP contribution in [-0.4, -0.2) is 38.9 Å². The Morgan fingerprint density at radius 2 is 0.488 bits per heavy atom. The van der Waals surface area contributed by atoms with Crippen molar-refractivity contribution < 1.29 is 29.9 Å². The predicted molar refractivity (Wildman–Crippen MR) is 529 cm³/mol. The third-order valence-corrected chi connectivity index (χ3v) is 25.1. The molecule has 19 aromatic rings. The van der Waals surface area contributed by atoms with Crippen LogP contribution < -0.4 is 5.46 Å². The molecule has 0 amide bonds. The van der Waals surface area contributed by atoms with Crippen LogP contribution in [0.2, 0.25) is 0 Å². The molecule has 0 fully saturated rings. The van der Waals surface area contributed by atoms with Gasteiger partial charge in [-0.15, -0.1) is 0 Å². The zero-order valence-electron chi connectivity index (χ0n) is 65.9. The molecule has 2 unspecified atom stereocenters. The van der Waals surface area contributed by atoms with Gasteiger partial charge in [-0.25, -0.2) is 0 Å². The fraction of sp³-hybridized carbons (Fsp3) is 0.0182. The van der Waals surface area contributed by atoms with E-state index in [1.807, 2.05) is 133 Å². The van der Waals surface area contributed by atoms with Crippen LogP contribution in [0.3, 0.4) is 0 Å². The number of aliphatic hydroxyl groups is 2. The molecule has 13 heteroatoms. The molecule has 2 aliphatic carbocycles. The van der Waals surface area contributed by atoms with Gasteiger partial charge in [0.1, 0.15) is 11.2 Å². The van der Waals surface area contributed by atoms with Crippen molar-refractivity contribution in [2.75, 3.05) is 0 Å². The highest BCUT2D eigenvalue weighted by Gasteiger charge is 2.51. The second kappa shape index (κ2) is 38.4. The van der Waals surface area contributed by atoms with E-state index in [9.17, 15) is 19.8 Å². The maximum absolute atomic E-state index is 12.2. The second-order valence-electron chi connectivity index (χ2n) is 29.5. The van der Waals surface area contributed by atoms with Crippen molar-refractivity contribution in [1.29, 1.82) is 0 Å². The zero-order chi connectivity index (χ0) is 85.1. The fourth-order valence-electron chi connectivity index (χ4n) is 16.5. The van der Waals surface area contributed by atoms with Crippen molar-refractivity contribution in [3.05, 3.63) is 513 Å². The van der Waals surface area contributed by atoms with E-state index in [4.69, 9.17) is 10.0 Å². The molecule has 0 heterocycles. The minimum absolute atomic E-state index is 0.0808. The first kappa shape index (κ1) is 84.9. The molecular formula is C110H75BBr6O6. The van der Waals surface area contributed by atoms with Crippen molar-refractivity contribution in [2.24, 2.45) is 0 Å². The third-order valence-electron chi connectivity index (χ3n) is 22.1. The minimum Gasteiger partial charge on any atom is -0.423 e. The lowest BCUT2D eigenvalue weighted by atomic mass is 9.63. The van der Waals surface area contributed by atoms with Gasteiger partial charge in [0, 0.05) is 54.7 Å². The van der Waals surface area contributed by atoms with E-state index < -0.39 is 18.3 Å². The Labute approximate surface area is 765 Å². The van der Waals surface area contributed by atoms with Crippen LogP contribution in [-0.2, 0) is 11.2 Å². The molecule has 0 spiro atoms. The van der Waals surface area contributed by atoms with E-state index in [1.54, 1.807) is 66.7 Å². The molecule has 6 nitrogen and oxygen atoms in total. The Hall–Kier alpha value is -11.7. The number of hydrogen-bond acceptors (Lipinski definition) is 6. The standard InChI is InChI=1S/C32H21Br.C26H19BrO2.C26H17Br.C14H7BrO2.C6H6BBrO2.C6H5Br/c33-26-18-15-22(16-19-26)25-17-20-29-30(21-25)32(24-11-5-2-6-12-24)28-14-8-7-13-27(28)31(29)23-9-3-1-4-10-23;27-20-15-16-23-24(17-20)26(29,19-11-5-2-6-12-19)22-14-8-7-13-21(22)25(23,28)18-9-3-1-4-10-18;27-20-15-16-23-24(17-20)26(19-11-5-2-6-12-19)22-14-8-7-13-21(22)25(23)18-9-3-1-4-10-18;15-8-5-6-11-12(7-8)14(17)10-4-2-1-3-9(10)13(11)16;8-6-3-1-5(2-4-6)7(9)10;7-6-4-2-1-3-5-6/h1-21H;1-17,28-29H;1-17H;1-7H;1-4,9-10H;1-5H. The van der Waals surface area contributed by atoms with Gasteiger partial charge in [0.25, 0.3) is 0 Å². The van der Waals surface area contributed by atoms with E-state index in [1.165, 1.54) is 98.7 Å². The molecule has 19 aromatic carbocycles. The summed E-state index contributed by atoms with van der Waals surface area (Å²) in [6.07, 6.45) is 0. The highest BCUT2D eigenvalue weighted by Crippen LogP contribution is 2.54. The number of halogens is 6. The smallest absolute Gasteiger partial charge is 0.423 e. The molecule has 123 heavy (non-hydrogen) atoms. The molecule has 21 rings (SSSR count). The van der Waals surface area contributed by atoms with Gasteiger partial charge in [-0.05, 0) is 217 Å². The van der Waals surface area contributed by atoms with Crippen LogP contribution >= 0.6 is 95.6 Å². The van der Waals surface area contributed by atoms with Crippen molar-refractivity contribution in [3.8, 4) is 55.6 Å². The maximum atomic E-state index is 12.2. The molecule has 0 saturated heterocycles. The molecule has 2 atom stereocenters. The van der Waals surface area contributed by atoms with Crippen LogP contribution in [0.15, 0.2) is 458 Å². The summed E-state index contributed by atoms with van der Waals surface area (Å²) in [6, 6.07) is 144. The largest absolute Gasteiger partial charge is 0.488 e. The van der Waals surface area contributed by atoms with Gasteiger partial charge in [-0.2, -0.15) is 0 Å². The van der Waals surface area contributed by atoms with Gasteiger partial charge in [0.2, 0.25) is 0 Å². The highest BCUT2D eigenvalue weighted by atomic mass is 79.9. The van der Waals surface area contributed by atoms with Crippen molar-refractivity contribution in [1.82, 2.24) is 0 Å². The molecule has 0 aromatic heterocycles. The Balaban J connectivity index is 0.000000116. The van der Waals surface area contributed by atoms with Gasteiger partial charge < -0.3 is 20.3 Å². The Morgan fingerprint density at radius 3 is 0.919 bits per heavy atom. The Kier molecular flexibility index (Phi) is 26.5. The molecule has 0 saturated carbocycles. The zero-order valence-corrected chi connectivity index (χ0v) is 75.5. The summed E-state index contributed by atoms with van der Waals surface area (Å²) in [6.45, 7) is 0. The van der Waals surface area contributed by atoms with Crippen molar-refractivity contribution in [2.45, 2.75) is 11.2 Å². The van der Waals surface area contributed by atoms with Crippen LogP contribution in [0.5, 0.6) is 0 Å². The summed E-state index contributed by atoms with van der Waals surface area (Å²) in [7, 11) is -1.37. The topological polar surface area (TPSA) is 115 Å². The summed E-state index contributed by atoms with van der Waals surface area (Å²) in [4.78, 5) is 24.4. The second-order valence-corrected chi connectivity index (χ2v) is 35.0. The van der Waals surface area contributed by atoms with Crippen LogP contribution in [0.4, 0.5) is 0 Å². The summed E-state index contributed by atoms with van der Waals surface area (Å²) in [5, 5.41) is 52.0. The van der Waals surface area contributed by atoms with E-state index in [2.05, 4.69) is 326 Å². The number of hydrogen-bond donors (Lipinski definition) is 4. The van der Waals surface area contributed by atoms with E-state index >= 15 is 0 Å². The lowest BCUT2D eigenvalue weighted by Crippen LogP contribution is -2.44.